The molecule has 0 aliphatic heterocycles. The zero-order valence-electron chi connectivity index (χ0n) is 13.6. The lowest BCUT2D eigenvalue weighted by molar-refractivity contribution is 0.0939. The second-order valence-electron chi connectivity index (χ2n) is 5.72. The number of nitrogens with one attached hydrogen (secondary N) is 2. The highest BCUT2D eigenvalue weighted by atomic mass is 79.9. The van der Waals surface area contributed by atoms with Gasteiger partial charge in [-0.25, -0.2) is 0 Å². The van der Waals surface area contributed by atoms with Crippen LogP contribution in [0.15, 0.2) is 53.0 Å². The Labute approximate surface area is 146 Å². The van der Waals surface area contributed by atoms with Crippen molar-refractivity contribution in [1.82, 2.24) is 10.6 Å². The first-order valence-corrected chi connectivity index (χ1v) is 8.67. The summed E-state index contributed by atoms with van der Waals surface area (Å²) in [7, 11) is 1.92. The topological polar surface area (TPSA) is 41.1 Å². The van der Waals surface area contributed by atoms with Gasteiger partial charge in [0.05, 0.1) is 0 Å². The minimum Gasteiger partial charge on any atom is -0.349 e. The van der Waals surface area contributed by atoms with Gasteiger partial charge in [-0.15, -0.1) is 0 Å². The summed E-state index contributed by atoms with van der Waals surface area (Å²) >= 11 is 3.44. The van der Waals surface area contributed by atoms with Crippen molar-refractivity contribution in [1.29, 1.82) is 0 Å². The van der Waals surface area contributed by atoms with Crippen LogP contribution in [0.3, 0.4) is 0 Å². The molecule has 3 nitrogen and oxygen atoms in total. The number of hydrogen-bond donors (Lipinski definition) is 2. The largest absolute Gasteiger partial charge is 0.349 e. The van der Waals surface area contributed by atoms with E-state index in [9.17, 15) is 4.79 Å². The van der Waals surface area contributed by atoms with Crippen molar-refractivity contribution in [2.75, 3.05) is 13.6 Å². The molecule has 1 unspecified atom stereocenters. The lowest BCUT2D eigenvalue weighted by Gasteiger charge is -2.16. The van der Waals surface area contributed by atoms with Gasteiger partial charge in [-0.2, -0.15) is 0 Å². The van der Waals surface area contributed by atoms with Crippen molar-refractivity contribution in [3.05, 3.63) is 69.7 Å². The Bertz CT molecular complexity index is 640. The maximum Gasteiger partial charge on any atom is 0.251 e. The smallest absolute Gasteiger partial charge is 0.251 e. The molecule has 2 aromatic carbocycles. The molecule has 0 spiro atoms. The Kier molecular flexibility index (Phi) is 6.81. The molecule has 0 aliphatic rings. The van der Waals surface area contributed by atoms with Gasteiger partial charge in [-0.1, -0.05) is 46.3 Å². The van der Waals surface area contributed by atoms with Crippen molar-refractivity contribution in [3.63, 3.8) is 0 Å². The number of likely N-dealkylation sites (N-methyl/N-ethyl adjacent to an activating group) is 1. The Morgan fingerprint density at radius 1 is 1.13 bits per heavy atom. The van der Waals surface area contributed by atoms with Gasteiger partial charge in [-0.05, 0) is 62.7 Å². The predicted octanol–water partition coefficient (Wildman–Crippen LogP) is 3.57. The van der Waals surface area contributed by atoms with E-state index in [1.807, 2.05) is 50.4 Å². The maximum absolute atomic E-state index is 12.5. The molecular formula is C19H23BrN2O. The summed E-state index contributed by atoms with van der Waals surface area (Å²) in [4.78, 5) is 12.5. The number of amides is 1. The standard InChI is InChI=1S/C19H23BrN2O/c1-14(13-15-7-9-17(20)10-8-15)22-19(23)18-6-4-3-5-16(18)11-12-21-2/h3-10,14,21H,11-13H2,1-2H3,(H,22,23). The minimum absolute atomic E-state index is 0.00122. The minimum atomic E-state index is 0.00122. The molecule has 122 valence electrons. The van der Waals surface area contributed by atoms with E-state index in [0.29, 0.717) is 0 Å². The fourth-order valence-electron chi connectivity index (χ4n) is 2.55. The monoisotopic (exact) mass is 374 g/mol. The molecule has 0 heterocycles. The number of benzene rings is 2. The normalized spacial score (nSPS) is 12.0. The first kappa shape index (κ1) is 17.7. The molecule has 0 saturated carbocycles. The Morgan fingerprint density at radius 2 is 1.83 bits per heavy atom. The lowest BCUT2D eigenvalue weighted by Crippen LogP contribution is -2.34. The molecule has 1 amide bonds. The molecule has 0 radical (unpaired) electrons. The molecule has 0 fully saturated rings. The van der Waals surface area contributed by atoms with Gasteiger partial charge in [0.2, 0.25) is 0 Å². The Balaban J connectivity index is 1.99. The van der Waals surface area contributed by atoms with Gasteiger partial charge in [0.15, 0.2) is 0 Å². The number of halogens is 1. The van der Waals surface area contributed by atoms with Gasteiger partial charge >= 0.3 is 0 Å². The van der Waals surface area contributed by atoms with Crippen LogP contribution in [0.4, 0.5) is 0 Å². The Hall–Kier alpha value is -1.65. The summed E-state index contributed by atoms with van der Waals surface area (Å²) in [5.41, 5.74) is 3.06. The van der Waals surface area contributed by atoms with E-state index in [0.717, 1.165) is 35.0 Å². The van der Waals surface area contributed by atoms with E-state index in [1.54, 1.807) is 0 Å². The molecule has 2 N–H and O–H groups in total. The average Bonchev–Trinajstić information content (AvgIpc) is 2.55. The van der Waals surface area contributed by atoms with Crippen LogP contribution in [-0.4, -0.2) is 25.5 Å². The third-order valence-corrected chi connectivity index (χ3v) is 4.27. The van der Waals surface area contributed by atoms with Gasteiger partial charge in [-0.3, -0.25) is 4.79 Å². The van der Waals surface area contributed by atoms with E-state index in [2.05, 4.69) is 38.7 Å². The molecule has 2 rings (SSSR count). The zero-order valence-corrected chi connectivity index (χ0v) is 15.2. The van der Waals surface area contributed by atoms with Crippen LogP contribution in [0.25, 0.3) is 0 Å². The fraction of sp³-hybridized carbons (Fsp3) is 0.316. The highest BCUT2D eigenvalue weighted by Gasteiger charge is 2.13. The Morgan fingerprint density at radius 3 is 2.52 bits per heavy atom. The van der Waals surface area contributed by atoms with E-state index in [4.69, 9.17) is 0 Å². The molecule has 0 saturated heterocycles. The fourth-order valence-corrected chi connectivity index (χ4v) is 2.81. The number of rotatable bonds is 7. The van der Waals surface area contributed by atoms with Crippen LogP contribution in [0, 0.1) is 0 Å². The van der Waals surface area contributed by atoms with Crippen LogP contribution in [0.5, 0.6) is 0 Å². The highest BCUT2D eigenvalue weighted by molar-refractivity contribution is 9.10. The molecule has 1 atom stereocenters. The summed E-state index contributed by atoms with van der Waals surface area (Å²) in [5.74, 6) is 0.00122. The molecule has 2 aromatic rings. The number of carbonyl (C=O) groups excluding carboxylic acids is 1. The second kappa shape index (κ2) is 8.85. The van der Waals surface area contributed by atoms with Crippen molar-refractivity contribution in [2.24, 2.45) is 0 Å². The highest BCUT2D eigenvalue weighted by Crippen LogP contribution is 2.13. The summed E-state index contributed by atoms with van der Waals surface area (Å²) in [6.07, 6.45) is 1.67. The SMILES string of the molecule is CNCCc1ccccc1C(=O)NC(C)Cc1ccc(Br)cc1. The first-order valence-electron chi connectivity index (χ1n) is 7.88. The summed E-state index contributed by atoms with van der Waals surface area (Å²) in [6.45, 7) is 2.90. The van der Waals surface area contributed by atoms with E-state index < -0.39 is 0 Å². The summed E-state index contributed by atoms with van der Waals surface area (Å²) in [5, 5.41) is 6.23. The summed E-state index contributed by atoms with van der Waals surface area (Å²) in [6, 6.07) is 16.1. The van der Waals surface area contributed by atoms with Crippen molar-refractivity contribution in [2.45, 2.75) is 25.8 Å². The zero-order chi connectivity index (χ0) is 16.7. The molecule has 0 aliphatic carbocycles. The van der Waals surface area contributed by atoms with Crippen LogP contribution >= 0.6 is 15.9 Å². The molecule has 0 bridgehead atoms. The van der Waals surface area contributed by atoms with E-state index >= 15 is 0 Å². The van der Waals surface area contributed by atoms with E-state index in [1.165, 1.54) is 5.56 Å². The van der Waals surface area contributed by atoms with Crippen LogP contribution in [0.1, 0.15) is 28.4 Å². The van der Waals surface area contributed by atoms with E-state index in [-0.39, 0.29) is 11.9 Å². The average molecular weight is 375 g/mol. The van der Waals surface area contributed by atoms with Crippen molar-refractivity contribution < 1.29 is 4.79 Å². The maximum atomic E-state index is 12.5. The van der Waals surface area contributed by atoms with Crippen LogP contribution in [-0.2, 0) is 12.8 Å². The second-order valence-corrected chi connectivity index (χ2v) is 6.63. The lowest BCUT2D eigenvalue weighted by atomic mass is 10.0. The van der Waals surface area contributed by atoms with Crippen LogP contribution < -0.4 is 10.6 Å². The van der Waals surface area contributed by atoms with Gasteiger partial charge in [0, 0.05) is 16.1 Å². The number of carbonyl (C=O) groups is 1. The third kappa shape index (κ3) is 5.48. The van der Waals surface area contributed by atoms with Gasteiger partial charge in [0.25, 0.3) is 5.91 Å². The molecule has 4 heteroatoms. The predicted molar refractivity (Wildman–Crippen MR) is 98.8 cm³/mol. The first-order chi connectivity index (χ1) is 11.1. The van der Waals surface area contributed by atoms with Gasteiger partial charge < -0.3 is 10.6 Å². The quantitative estimate of drug-likeness (QED) is 0.777. The number of hydrogen-bond acceptors (Lipinski definition) is 2. The van der Waals surface area contributed by atoms with Crippen molar-refractivity contribution >= 4 is 21.8 Å². The van der Waals surface area contributed by atoms with Crippen LogP contribution in [0.2, 0.25) is 0 Å². The molecular weight excluding hydrogens is 352 g/mol. The summed E-state index contributed by atoms with van der Waals surface area (Å²) < 4.78 is 1.07. The molecule has 0 aromatic heterocycles. The molecule has 23 heavy (non-hydrogen) atoms. The third-order valence-electron chi connectivity index (χ3n) is 3.74. The van der Waals surface area contributed by atoms with Gasteiger partial charge in [0.1, 0.15) is 0 Å². The van der Waals surface area contributed by atoms with Crippen molar-refractivity contribution in [3.8, 4) is 0 Å².